The Kier molecular flexibility index (Phi) is 7.32. The van der Waals surface area contributed by atoms with Crippen LogP contribution in [0.2, 0.25) is 0 Å². The van der Waals surface area contributed by atoms with E-state index in [2.05, 4.69) is 4.98 Å². The van der Waals surface area contributed by atoms with Crippen molar-refractivity contribution in [3.8, 4) is 5.88 Å². The predicted molar refractivity (Wildman–Crippen MR) is 67.7 cm³/mol. The van der Waals surface area contributed by atoms with Gasteiger partial charge in [0.15, 0.2) is 0 Å². The molecule has 0 aliphatic heterocycles. The zero-order valence-electron chi connectivity index (χ0n) is 11.0. The van der Waals surface area contributed by atoms with Gasteiger partial charge in [-0.05, 0) is 25.0 Å². The van der Waals surface area contributed by atoms with Crippen molar-refractivity contribution in [1.82, 2.24) is 4.98 Å². The van der Waals surface area contributed by atoms with E-state index in [9.17, 15) is 0 Å². The summed E-state index contributed by atoms with van der Waals surface area (Å²) in [6.45, 7) is 4.24. The van der Waals surface area contributed by atoms with E-state index in [-0.39, 0.29) is 6.61 Å². The summed E-state index contributed by atoms with van der Waals surface area (Å²) in [7, 11) is 1.67. The first-order chi connectivity index (χ1) is 8.77. The highest BCUT2D eigenvalue weighted by Crippen LogP contribution is 2.12. The first kappa shape index (κ1) is 14.9. The number of hydrogen-bond donors (Lipinski definition) is 1. The van der Waals surface area contributed by atoms with Gasteiger partial charge in [-0.3, -0.25) is 0 Å². The number of nitrogens with zero attached hydrogens (tertiary/aromatic N) is 1. The monoisotopic (exact) mass is 255 g/mol. The number of methoxy groups -OCH3 is 1. The summed E-state index contributed by atoms with van der Waals surface area (Å²) >= 11 is 0. The van der Waals surface area contributed by atoms with Gasteiger partial charge in [0.05, 0.1) is 13.2 Å². The Bertz CT molecular complexity index is 344. The SMILES string of the molecule is COCCCOCCOc1ccc(CO)c(C)n1. The van der Waals surface area contributed by atoms with Crippen molar-refractivity contribution in [3.63, 3.8) is 0 Å². The molecule has 5 nitrogen and oxygen atoms in total. The highest BCUT2D eigenvalue weighted by Gasteiger charge is 2.01. The summed E-state index contributed by atoms with van der Waals surface area (Å²) in [5.74, 6) is 0.560. The molecule has 0 saturated carbocycles. The smallest absolute Gasteiger partial charge is 0.213 e. The highest BCUT2D eigenvalue weighted by molar-refractivity contribution is 5.24. The zero-order valence-corrected chi connectivity index (χ0v) is 11.0. The first-order valence-corrected chi connectivity index (χ1v) is 6.04. The van der Waals surface area contributed by atoms with Crippen LogP contribution < -0.4 is 4.74 Å². The average Bonchev–Trinajstić information content (AvgIpc) is 2.38. The second kappa shape index (κ2) is 8.85. The Hall–Kier alpha value is -1.17. The van der Waals surface area contributed by atoms with Gasteiger partial charge in [0, 0.05) is 32.1 Å². The van der Waals surface area contributed by atoms with Crippen LogP contribution in [0.3, 0.4) is 0 Å². The molecule has 0 aliphatic rings. The molecule has 0 unspecified atom stereocenters. The molecule has 1 aromatic rings. The molecule has 18 heavy (non-hydrogen) atoms. The highest BCUT2D eigenvalue weighted by atomic mass is 16.5. The Morgan fingerprint density at radius 3 is 2.67 bits per heavy atom. The molecule has 0 amide bonds. The maximum Gasteiger partial charge on any atom is 0.213 e. The standard InChI is InChI=1S/C13H21NO4/c1-11-12(10-15)4-5-13(14-11)18-9-8-17-7-3-6-16-2/h4-5,15H,3,6-10H2,1-2H3. The van der Waals surface area contributed by atoms with Gasteiger partial charge in [-0.15, -0.1) is 0 Å². The zero-order chi connectivity index (χ0) is 13.2. The second-order valence-corrected chi connectivity index (χ2v) is 3.86. The van der Waals surface area contributed by atoms with Crippen LogP contribution in [0.25, 0.3) is 0 Å². The molecule has 0 aromatic carbocycles. The van der Waals surface area contributed by atoms with Crippen molar-refractivity contribution in [2.45, 2.75) is 20.0 Å². The molecule has 102 valence electrons. The lowest BCUT2D eigenvalue weighted by Gasteiger charge is -2.08. The maximum absolute atomic E-state index is 9.02. The summed E-state index contributed by atoms with van der Waals surface area (Å²) in [4.78, 5) is 4.23. The Balaban J connectivity index is 2.17. The molecule has 0 saturated heterocycles. The van der Waals surface area contributed by atoms with E-state index >= 15 is 0 Å². The topological polar surface area (TPSA) is 60.8 Å². The maximum atomic E-state index is 9.02. The van der Waals surface area contributed by atoms with E-state index in [1.165, 1.54) is 0 Å². The van der Waals surface area contributed by atoms with E-state index in [4.69, 9.17) is 19.3 Å². The van der Waals surface area contributed by atoms with Crippen LogP contribution in [0.4, 0.5) is 0 Å². The number of hydrogen-bond acceptors (Lipinski definition) is 5. The summed E-state index contributed by atoms with van der Waals surface area (Å²) in [5, 5.41) is 9.02. The van der Waals surface area contributed by atoms with Crippen molar-refractivity contribution in [2.24, 2.45) is 0 Å². The van der Waals surface area contributed by atoms with Crippen LogP contribution in [0.15, 0.2) is 12.1 Å². The van der Waals surface area contributed by atoms with E-state index in [0.717, 1.165) is 17.7 Å². The van der Waals surface area contributed by atoms with Crippen LogP contribution >= 0.6 is 0 Å². The van der Waals surface area contributed by atoms with Crippen LogP contribution in [-0.2, 0) is 16.1 Å². The van der Waals surface area contributed by atoms with Crippen LogP contribution in [-0.4, -0.2) is 43.6 Å². The summed E-state index contributed by atoms with van der Waals surface area (Å²) in [6, 6.07) is 3.57. The van der Waals surface area contributed by atoms with Crippen molar-refractivity contribution in [3.05, 3.63) is 23.4 Å². The third-order valence-electron chi connectivity index (χ3n) is 2.45. The number of aliphatic hydroxyl groups excluding tert-OH is 1. The average molecular weight is 255 g/mol. The molecule has 1 aromatic heterocycles. The van der Waals surface area contributed by atoms with Gasteiger partial charge in [0.1, 0.15) is 6.61 Å². The Labute approximate surface area is 108 Å². The minimum Gasteiger partial charge on any atom is -0.475 e. The number of ether oxygens (including phenoxy) is 3. The number of pyridine rings is 1. The van der Waals surface area contributed by atoms with E-state index in [1.807, 2.05) is 13.0 Å². The van der Waals surface area contributed by atoms with Gasteiger partial charge < -0.3 is 19.3 Å². The first-order valence-electron chi connectivity index (χ1n) is 6.04. The largest absolute Gasteiger partial charge is 0.475 e. The minimum absolute atomic E-state index is 0.00171. The molecular formula is C13H21NO4. The Morgan fingerprint density at radius 1 is 1.17 bits per heavy atom. The van der Waals surface area contributed by atoms with Gasteiger partial charge >= 0.3 is 0 Å². The molecule has 0 spiro atoms. The quantitative estimate of drug-likeness (QED) is 0.674. The lowest BCUT2D eigenvalue weighted by atomic mass is 10.2. The molecule has 1 heterocycles. The molecule has 0 radical (unpaired) electrons. The van der Waals surface area contributed by atoms with E-state index in [1.54, 1.807) is 13.2 Å². The molecule has 0 bridgehead atoms. The van der Waals surface area contributed by atoms with Gasteiger partial charge in [0.25, 0.3) is 0 Å². The van der Waals surface area contributed by atoms with Crippen LogP contribution in [0, 0.1) is 6.92 Å². The molecule has 1 rings (SSSR count). The van der Waals surface area contributed by atoms with Gasteiger partial charge in [-0.25, -0.2) is 4.98 Å². The number of aromatic nitrogens is 1. The molecular weight excluding hydrogens is 234 g/mol. The van der Waals surface area contributed by atoms with Crippen molar-refractivity contribution >= 4 is 0 Å². The number of aryl methyl sites for hydroxylation is 1. The lowest BCUT2D eigenvalue weighted by Crippen LogP contribution is -2.09. The Morgan fingerprint density at radius 2 is 2.00 bits per heavy atom. The second-order valence-electron chi connectivity index (χ2n) is 3.86. The third-order valence-corrected chi connectivity index (χ3v) is 2.45. The molecule has 0 atom stereocenters. The lowest BCUT2D eigenvalue weighted by molar-refractivity contribution is 0.0795. The molecule has 1 N–H and O–H groups in total. The predicted octanol–water partition coefficient (Wildman–Crippen LogP) is 1.31. The van der Waals surface area contributed by atoms with Crippen LogP contribution in [0.1, 0.15) is 17.7 Å². The van der Waals surface area contributed by atoms with Gasteiger partial charge in [-0.2, -0.15) is 0 Å². The van der Waals surface area contributed by atoms with E-state index < -0.39 is 0 Å². The van der Waals surface area contributed by atoms with Gasteiger partial charge in [-0.1, -0.05) is 0 Å². The van der Waals surface area contributed by atoms with Crippen LogP contribution in [0.5, 0.6) is 5.88 Å². The normalized spacial score (nSPS) is 10.6. The fraction of sp³-hybridized carbons (Fsp3) is 0.615. The van der Waals surface area contributed by atoms with Gasteiger partial charge in [0.2, 0.25) is 5.88 Å². The van der Waals surface area contributed by atoms with E-state index in [0.29, 0.717) is 32.3 Å². The molecule has 0 aliphatic carbocycles. The number of rotatable bonds is 9. The fourth-order valence-corrected chi connectivity index (χ4v) is 1.43. The summed E-state index contributed by atoms with van der Waals surface area (Å²) < 4.78 is 15.7. The summed E-state index contributed by atoms with van der Waals surface area (Å²) in [5.41, 5.74) is 1.61. The number of aliphatic hydroxyl groups is 1. The summed E-state index contributed by atoms with van der Waals surface area (Å²) in [6.07, 6.45) is 0.888. The fourth-order valence-electron chi connectivity index (χ4n) is 1.43. The van der Waals surface area contributed by atoms with Crippen molar-refractivity contribution in [1.29, 1.82) is 0 Å². The minimum atomic E-state index is 0.00171. The molecule has 5 heteroatoms. The third kappa shape index (κ3) is 5.44. The molecule has 0 fully saturated rings. The van der Waals surface area contributed by atoms with Crippen molar-refractivity contribution in [2.75, 3.05) is 33.5 Å². The van der Waals surface area contributed by atoms with Crippen molar-refractivity contribution < 1.29 is 19.3 Å².